The lowest BCUT2D eigenvalue weighted by atomic mass is 10.1. The fourth-order valence-corrected chi connectivity index (χ4v) is 3.93. The van der Waals surface area contributed by atoms with Crippen molar-refractivity contribution in [2.45, 2.75) is 64.2 Å². The van der Waals surface area contributed by atoms with Crippen molar-refractivity contribution in [1.82, 2.24) is 9.80 Å². The van der Waals surface area contributed by atoms with Gasteiger partial charge in [-0.2, -0.15) is 0 Å². The van der Waals surface area contributed by atoms with Crippen molar-refractivity contribution in [3.63, 3.8) is 0 Å². The lowest BCUT2D eigenvalue weighted by Gasteiger charge is -2.37. The number of likely N-dealkylation sites (tertiary alicyclic amines) is 2. The number of benzene rings is 1. The summed E-state index contributed by atoms with van der Waals surface area (Å²) in [6.45, 7) is 6.58. The molecular formula is C21H32N2O2. The zero-order chi connectivity index (χ0) is 17.5. The first-order valence-corrected chi connectivity index (χ1v) is 9.92. The van der Waals surface area contributed by atoms with Gasteiger partial charge in [0.25, 0.3) is 0 Å². The molecule has 25 heavy (non-hydrogen) atoms. The fourth-order valence-electron chi connectivity index (χ4n) is 3.93. The maximum absolute atomic E-state index is 12.8. The molecule has 0 radical (unpaired) electrons. The second-order valence-electron chi connectivity index (χ2n) is 7.45. The molecule has 1 amide bonds. The number of hydrogen-bond acceptors (Lipinski definition) is 3. The maximum atomic E-state index is 12.8. The van der Waals surface area contributed by atoms with Crippen LogP contribution in [0.2, 0.25) is 0 Å². The molecule has 2 aliphatic heterocycles. The zero-order valence-electron chi connectivity index (χ0n) is 15.5. The van der Waals surface area contributed by atoms with Crippen molar-refractivity contribution in [1.29, 1.82) is 0 Å². The van der Waals surface area contributed by atoms with Crippen molar-refractivity contribution in [3.05, 3.63) is 35.9 Å². The highest BCUT2D eigenvalue weighted by Gasteiger charge is 2.29. The first-order chi connectivity index (χ1) is 12.2. The van der Waals surface area contributed by atoms with E-state index in [1.807, 2.05) is 6.07 Å². The molecule has 0 bridgehead atoms. The summed E-state index contributed by atoms with van der Waals surface area (Å²) in [5.41, 5.74) is 1.23. The third kappa shape index (κ3) is 5.29. The summed E-state index contributed by atoms with van der Waals surface area (Å²) in [7, 11) is 0. The van der Waals surface area contributed by atoms with Crippen LogP contribution in [0.1, 0.15) is 51.0 Å². The van der Waals surface area contributed by atoms with E-state index in [1.54, 1.807) is 0 Å². The lowest BCUT2D eigenvalue weighted by molar-refractivity contribution is -0.137. The highest BCUT2D eigenvalue weighted by atomic mass is 16.5. The van der Waals surface area contributed by atoms with Gasteiger partial charge in [-0.05, 0) is 38.2 Å². The van der Waals surface area contributed by atoms with E-state index >= 15 is 0 Å². The van der Waals surface area contributed by atoms with E-state index in [4.69, 9.17) is 4.74 Å². The van der Waals surface area contributed by atoms with Gasteiger partial charge in [0, 0.05) is 26.2 Å². The minimum absolute atomic E-state index is 0.00757. The quantitative estimate of drug-likeness (QED) is 0.820. The maximum Gasteiger partial charge on any atom is 0.239 e. The smallest absolute Gasteiger partial charge is 0.239 e. The van der Waals surface area contributed by atoms with Crippen molar-refractivity contribution < 1.29 is 9.53 Å². The predicted molar refractivity (Wildman–Crippen MR) is 100 cm³/mol. The lowest BCUT2D eigenvalue weighted by Crippen LogP contribution is -2.50. The minimum Gasteiger partial charge on any atom is -0.373 e. The number of carbonyl (C=O) groups excluding carboxylic acids is 1. The van der Waals surface area contributed by atoms with E-state index in [2.05, 4.69) is 41.0 Å². The van der Waals surface area contributed by atoms with Crippen LogP contribution in [0.15, 0.2) is 30.3 Å². The molecule has 2 aliphatic rings. The number of hydrogen-bond donors (Lipinski definition) is 0. The number of ether oxygens (including phenoxy) is 1. The Balaban J connectivity index is 1.42. The van der Waals surface area contributed by atoms with E-state index in [1.165, 1.54) is 18.4 Å². The third-order valence-electron chi connectivity index (χ3n) is 5.63. The van der Waals surface area contributed by atoms with Crippen LogP contribution in [0.3, 0.4) is 0 Å². The van der Waals surface area contributed by atoms with Crippen LogP contribution in [0.25, 0.3) is 0 Å². The Labute approximate surface area is 152 Å². The molecule has 0 aromatic heterocycles. The van der Waals surface area contributed by atoms with Crippen LogP contribution in [-0.4, -0.2) is 54.0 Å². The highest BCUT2D eigenvalue weighted by molar-refractivity contribution is 5.81. The molecule has 138 valence electrons. The standard InChI is InChI=1S/C21H32N2O2/c1-18(21(24)23-13-7-2-3-8-14-23)22-15-11-20(12-16-22)25-17-19-9-5-4-6-10-19/h4-6,9-10,18,20H,2-3,7-8,11-17H2,1H3. The second-order valence-corrected chi connectivity index (χ2v) is 7.45. The molecular weight excluding hydrogens is 312 g/mol. The third-order valence-corrected chi connectivity index (χ3v) is 5.63. The van der Waals surface area contributed by atoms with E-state index in [-0.39, 0.29) is 6.04 Å². The largest absolute Gasteiger partial charge is 0.373 e. The van der Waals surface area contributed by atoms with Gasteiger partial charge in [0.15, 0.2) is 0 Å². The van der Waals surface area contributed by atoms with Crippen molar-refractivity contribution in [2.24, 2.45) is 0 Å². The minimum atomic E-state index is 0.00757. The van der Waals surface area contributed by atoms with Crippen LogP contribution in [0.4, 0.5) is 0 Å². The molecule has 4 heteroatoms. The molecule has 3 rings (SSSR count). The van der Waals surface area contributed by atoms with Gasteiger partial charge in [0.05, 0.1) is 18.8 Å². The molecule has 1 unspecified atom stereocenters. The Hall–Kier alpha value is -1.39. The molecule has 0 spiro atoms. The Morgan fingerprint density at radius 1 is 1.04 bits per heavy atom. The molecule has 4 nitrogen and oxygen atoms in total. The number of carbonyl (C=O) groups is 1. The molecule has 0 saturated carbocycles. The summed E-state index contributed by atoms with van der Waals surface area (Å²) in [6, 6.07) is 10.4. The number of piperidine rings is 1. The van der Waals surface area contributed by atoms with Crippen LogP contribution < -0.4 is 0 Å². The summed E-state index contributed by atoms with van der Waals surface area (Å²) in [5, 5.41) is 0. The van der Waals surface area contributed by atoms with Gasteiger partial charge in [-0.1, -0.05) is 43.2 Å². The van der Waals surface area contributed by atoms with Gasteiger partial charge in [-0.15, -0.1) is 0 Å². The summed E-state index contributed by atoms with van der Waals surface area (Å²) in [5.74, 6) is 0.325. The van der Waals surface area contributed by atoms with E-state index in [0.29, 0.717) is 18.6 Å². The number of nitrogens with zero attached hydrogens (tertiary/aromatic N) is 2. The molecule has 1 atom stereocenters. The van der Waals surface area contributed by atoms with E-state index in [9.17, 15) is 4.79 Å². The first kappa shape index (κ1) is 18.4. The highest BCUT2D eigenvalue weighted by Crippen LogP contribution is 2.19. The Morgan fingerprint density at radius 2 is 1.68 bits per heavy atom. The zero-order valence-corrected chi connectivity index (χ0v) is 15.5. The fraction of sp³-hybridized carbons (Fsp3) is 0.667. The van der Waals surface area contributed by atoms with Crippen molar-refractivity contribution >= 4 is 5.91 Å². The summed E-state index contributed by atoms with van der Waals surface area (Å²) < 4.78 is 6.07. The van der Waals surface area contributed by atoms with Crippen molar-refractivity contribution in [3.8, 4) is 0 Å². The molecule has 1 aromatic rings. The van der Waals surface area contributed by atoms with E-state index < -0.39 is 0 Å². The normalized spacial score (nSPS) is 21.7. The summed E-state index contributed by atoms with van der Waals surface area (Å²) in [4.78, 5) is 17.2. The molecule has 0 aliphatic carbocycles. The predicted octanol–water partition coefficient (Wildman–Crippen LogP) is 3.46. The average molecular weight is 344 g/mol. The van der Waals surface area contributed by atoms with Gasteiger partial charge in [-0.3, -0.25) is 9.69 Å². The van der Waals surface area contributed by atoms with Crippen LogP contribution in [-0.2, 0) is 16.1 Å². The number of amides is 1. The molecule has 1 aromatic carbocycles. The Kier molecular flexibility index (Phi) is 6.88. The van der Waals surface area contributed by atoms with Gasteiger partial charge in [-0.25, -0.2) is 0 Å². The molecule has 0 N–H and O–H groups in total. The van der Waals surface area contributed by atoms with Crippen LogP contribution in [0.5, 0.6) is 0 Å². The molecule has 2 heterocycles. The number of rotatable bonds is 5. The second kappa shape index (κ2) is 9.35. The van der Waals surface area contributed by atoms with Gasteiger partial charge < -0.3 is 9.64 Å². The van der Waals surface area contributed by atoms with Crippen LogP contribution >= 0.6 is 0 Å². The van der Waals surface area contributed by atoms with E-state index in [0.717, 1.165) is 51.9 Å². The summed E-state index contributed by atoms with van der Waals surface area (Å²) in [6.07, 6.45) is 7.21. The molecule has 2 fully saturated rings. The van der Waals surface area contributed by atoms with Crippen LogP contribution in [0, 0.1) is 0 Å². The van der Waals surface area contributed by atoms with Gasteiger partial charge >= 0.3 is 0 Å². The summed E-state index contributed by atoms with van der Waals surface area (Å²) >= 11 is 0. The monoisotopic (exact) mass is 344 g/mol. The van der Waals surface area contributed by atoms with Gasteiger partial charge in [0.1, 0.15) is 0 Å². The SMILES string of the molecule is CC(C(=O)N1CCCCCC1)N1CCC(OCc2ccccc2)CC1. The molecule has 2 saturated heterocycles. The Morgan fingerprint density at radius 3 is 2.32 bits per heavy atom. The average Bonchev–Trinajstić information content (AvgIpc) is 2.96. The van der Waals surface area contributed by atoms with Crippen molar-refractivity contribution in [2.75, 3.05) is 26.2 Å². The van der Waals surface area contributed by atoms with Gasteiger partial charge in [0.2, 0.25) is 5.91 Å². The topological polar surface area (TPSA) is 32.8 Å². The first-order valence-electron chi connectivity index (χ1n) is 9.92. The Bertz CT molecular complexity index is 518.